The fourth-order valence-corrected chi connectivity index (χ4v) is 15.6. The standard InChI is InChI=1S/C106H163N7O32/c1-78(114)81(28-18-20-52-108-98(124)76-144-69-65-140-61-56-111-100(126)77-143-68-62-137-57-24-30-86(115)44-47-91(105(135)136)113-97(123)34-17-13-9-5-4-7-11-15-26-79-35-37-82(38-36-79)102(129)130)41-48-92(118)90(112-73-93(119)84(43-50-101(127)128)71-95(121)106(2,3)94(120)33-23-27-80-51-54-107-72-80)32-19-21-53-109-99(125)75-142-67-63-138-58-25-31-88(117)74-141-66-64-139-60-55-110-96(122)49-42-85(104(133)134)70-87(116)29-16-12-8-6-10-14-22-59-145-89-45-39-83(40-46-89)103(131)132/h35-40,45-46,54,72,81,84-85,90-91,112H,4-34,41-44,47-53,55-71,73-77H2,1-3H3,(H,108,124)(H,109,125)(H,110,122)(H,111,126)(H,113,123)(H,127,128)(H,129,130)(H,131,132)(H,133,134)(H,135,136)/t81-,84-,85-,90+,91+/m1/s1. The number of ether oxygens (including phenoxy) is 9. The molecule has 814 valence electrons. The van der Waals surface area contributed by atoms with Gasteiger partial charge in [0.25, 0.3) is 0 Å². The van der Waals surface area contributed by atoms with Crippen LogP contribution in [0.1, 0.15) is 310 Å². The number of nitrogens with one attached hydrogen (secondary N) is 6. The summed E-state index contributed by atoms with van der Waals surface area (Å²) >= 11 is 0. The highest BCUT2D eigenvalue weighted by atomic mass is 16.5. The van der Waals surface area contributed by atoms with Crippen molar-refractivity contribution in [1.29, 1.82) is 0 Å². The van der Waals surface area contributed by atoms with Crippen LogP contribution < -0.4 is 36.6 Å². The lowest BCUT2D eigenvalue weighted by Gasteiger charge is -2.25. The third kappa shape index (κ3) is 67.0. The first kappa shape index (κ1) is 129. The van der Waals surface area contributed by atoms with E-state index in [1.165, 1.54) is 32.9 Å². The summed E-state index contributed by atoms with van der Waals surface area (Å²) in [7, 11) is 0. The van der Waals surface area contributed by atoms with E-state index >= 15 is 0 Å². The molecule has 1 heterocycles. The van der Waals surface area contributed by atoms with Gasteiger partial charge in [-0.25, -0.2) is 14.4 Å². The Labute approximate surface area is 852 Å². The number of aromatic carboxylic acids is 2. The van der Waals surface area contributed by atoms with Gasteiger partial charge >= 0.3 is 29.8 Å². The van der Waals surface area contributed by atoms with Gasteiger partial charge < -0.3 is 100 Å². The molecule has 1 aliphatic rings. The van der Waals surface area contributed by atoms with Crippen molar-refractivity contribution in [3.63, 3.8) is 0 Å². The molecule has 0 saturated heterocycles. The Bertz CT molecular complexity index is 4250. The second kappa shape index (κ2) is 81.4. The summed E-state index contributed by atoms with van der Waals surface area (Å²) in [5.41, 5.74) is 1.20. The quantitative estimate of drug-likeness (QED) is 0.0216. The summed E-state index contributed by atoms with van der Waals surface area (Å²) in [6.07, 6.45) is 23.4. The fraction of sp³-hybridized carbons (Fsp3) is 0.689. The predicted molar refractivity (Wildman–Crippen MR) is 537 cm³/mol. The second-order valence-electron chi connectivity index (χ2n) is 37.1. The molecule has 5 amide bonds. The molecule has 0 aliphatic carbocycles. The molecule has 5 atom stereocenters. The predicted octanol–water partition coefficient (Wildman–Crippen LogP) is 11.4. The summed E-state index contributed by atoms with van der Waals surface area (Å²) in [5.74, 6) is -11.5. The highest BCUT2D eigenvalue weighted by Gasteiger charge is 2.38. The van der Waals surface area contributed by atoms with Crippen LogP contribution in [0.25, 0.3) is 0 Å². The van der Waals surface area contributed by atoms with Crippen molar-refractivity contribution in [2.75, 3.05) is 145 Å². The second-order valence-corrected chi connectivity index (χ2v) is 37.1. The maximum absolute atomic E-state index is 14.2. The number of carbonyl (C=O) groups excluding carboxylic acids is 13. The van der Waals surface area contributed by atoms with Crippen LogP contribution in [-0.2, 0) is 121 Å². The van der Waals surface area contributed by atoms with Crippen molar-refractivity contribution < 1.29 is 154 Å². The first-order chi connectivity index (χ1) is 69.7. The molecule has 0 fully saturated rings. The molecule has 0 radical (unpaired) electrons. The Morgan fingerprint density at radius 3 is 1.37 bits per heavy atom. The number of ketones is 8. The zero-order chi connectivity index (χ0) is 106. The van der Waals surface area contributed by atoms with Crippen molar-refractivity contribution in [3.05, 3.63) is 77.0 Å². The third-order valence-corrected chi connectivity index (χ3v) is 24.6. The number of allylic oxidation sites excluding steroid dienone is 1. The molecule has 145 heavy (non-hydrogen) atoms. The summed E-state index contributed by atoms with van der Waals surface area (Å²) in [6, 6.07) is 11.1. The molecule has 0 spiro atoms. The normalized spacial score (nSPS) is 12.8. The molecule has 0 saturated carbocycles. The zero-order valence-electron chi connectivity index (χ0n) is 85.6. The first-order valence-electron chi connectivity index (χ1n) is 51.8. The molecule has 0 aromatic heterocycles. The van der Waals surface area contributed by atoms with Crippen molar-refractivity contribution in [2.45, 2.75) is 303 Å². The van der Waals surface area contributed by atoms with Crippen molar-refractivity contribution in [2.24, 2.45) is 28.2 Å². The van der Waals surface area contributed by atoms with Gasteiger partial charge in [-0.05, 0) is 184 Å². The van der Waals surface area contributed by atoms with Crippen LogP contribution in [0, 0.1) is 23.2 Å². The number of unbranched alkanes of at least 4 members (excludes halogenated alkanes) is 15. The molecule has 3 rings (SSSR count). The van der Waals surface area contributed by atoms with Crippen LogP contribution in [-0.4, -0.2) is 295 Å². The topological polar surface area (TPSA) is 576 Å². The molecule has 39 nitrogen and oxygen atoms in total. The van der Waals surface area contributed by atoms with Crippen LogP contribution in [0.2, 0.25) is 0 Å². The highest BCUT2D eigenvalue weighted by Crippen LogP contribution is 2.29. The molecular formula is C106H163N7O32. The lowest BCUT2D eigenvalue weighted by Crippen LogP contribution is -2.42. The minimum atomic E-state index is -1.46. The number of hydrogen-bond acceptors (Lipinski definition) is 29. The Balaban J connectivity index is 1.26. The number of hydrogen-bond donors (Lipinski definition) is 11. The summed E-state index contributed by atoms with van der Waals surface area (Å²) in [5, 5.41) is 63.6. The Morgan fingerprint density at radius 2 is 0.834 bits per heavy atom. The molecule has 1 aliphatic heterocycles. The van der Waals surface area contributed by atoms with Crippen LogP contribution in [0.4, 0.5) is 0 Å². The number of carboxylic acid groups (broad SMARTS) is 5. The minimum Gasteiger partial charge on any atom is -0.494 e. The van der Waals surface area contributed by atoms with Crippen molar-refractivity contribution >= 4 is 112 Å². The van der Waals surface area contributed by atoms with E-state index in [0.717, 1.165) is 101 Å². The van der Waals surface area contributed by atoms with E-state index in [2.05, 4.69) is 36.9 Å². The van der Waals surface area contributed by atoms with Crippen LogP contribution in [0.3, 0.4) is 0 Å². The van der Waals surface area contributed by atoms with Gasteiger partial charge in [-0.2, -0.15) is 0 Å². The minimum absolute atomic E-state index is 0.0120. The van der Waals surface area contributed by atoms with Crippen LogP contribution in [0.15, 0.2) is 65.3 Å². The molecule has 0 unspecified atom stereocenters. The van der Waals surface area contributed by atoms with Gasteiger partial charge in [-0.15, -0.1) is 0 Å². The van der Waals surface area contributed by atoms with Gasteiger partial charge in [0.2, 0.25) is 29.5 Å². The van der Waals surface area contributed by atoms with Crippen molar-refractivity contribution in [1.82, 2.24) is 31.9 Å². The average Bonchev–Trinajstić information content (AvgIpc) is 1.13. The van der Waals surface area contributed by atoms with Gasteiger partial charge in [-0.1, -0.05) is 89.2 Å². The molecule has 0 bridgehead atoms. The number of rotatable bonds is 99. The SMILES string of the molecule is CC(=O)[C@H](CCCCNC(=O)COCCOCCNC(=O)COCCOCCCC(=O)CC[C@H](NC(=O)CCCCCCCCCCc1ccc(C(=O)O)cc1)C(=O)O)CCC(=O)[C@H](CCCCNC(=O)COCCOCCCC(=O)COCCOCCNC(=O)CC[C@H](CC(=O)CCCCCCCCCOc1ccc(C(=O)O)cc1)C(=O)O)NCC(=O)[C@H](CCC(=O)O)CC(=O)C(C)(C)C(=O)CCCC1=CN=CC1. The Morgan fingerprint density at radius 1 is 0.352 bits per heavy atom. The van der Waals surface area contributed by atoms with E-state index in [4.69, 9.17) is 52.8 Å². The third-order valence-electron chi connectivity index (χ3n) is 24.6. The lowest BCUT2D eigenvalue weighted by atomic mass is 9.76. The number of aryl methyl sites for hydroxylation is 1. The summed E-state index contributed by atoms with van der Waals surface area (Å²) in [6.45, 7) is 6.38. The number of nitrogens with zero attached hydrogens (tertiary/aromatic N) is 1. The Kier molecular flexibility index (Phi) is 72.2. The summed E-state index contributed by atoms with van der Waals surface area (Å²) < 4.78 is 49.4. The first-order valence-corrected chi connectivity index (χ1v) is 51.8. The van der Waals surface area contributed by atoms with E-state index in [1.807, 2.05) is 12.1 Å². The maximum Gasteiger partial charge on any atom is 0.335 e. The van der Waals surface area contributed by atoms with E-state index < -0.39 is 102 Å². The maximum atomic E-state index is 14.2. The molecular weight excluding hydrogens is 1880 g/mol. The molecule has 11 N–H and O–H groups in total. The largest absolute Gasteiger partial charge is 0.494 e. The van der Waals surface area contributed by atoms with E-state index in [-0.39, 0.29) is 291 Å². The number of aliphatic carboxylic acids is 3. The molecule has 2 aromatic carbocycles. The fourth-order valence-electron chi connectivity index (χ4n) is 15.6. The number of aliphatic imine (C=N–C) groups is 1. The van der Waals surface area contributed by atoms with Gasteiger partial charge in [0, 0.05) is 141 Å². The Hall–Kier alpha value is -10.7. The lowest BCUT2D eigenvalue weighted by molar-refractivity contribution is -0.144. The van der Waals surface area contributed by atoms with Crippen LogP contribution in [0.5, 0.6) is 5.75 Å². The highest BCUT2D eigenvalue weighted by molar-refractivity contribution is 6.07. The molecule has 39 heteroatoms. The van der Waals surface area contributed by atoms with Gasteiger partial charge in [0.1, 0.15) is 78.7 Å². The van der Waals surface area contributed by atoms with Crippen LogP contribution >= 0.6 is 0 Å². The average molecular weight is 2050 g/mol. The van der Waals surface area contributed by atoms with E-state index in [0.29, 0.717) is 89.4 Å². The van der Waals surface area contributed by atoms with Crippen molar-refractivity contribution in [3.8, 4) is 5.75 Å². The zero-order valence-corrected chi connectivity index (χ0v) is 85.6. The summed E-state index contributed by atoms with van der Waals surface area (Å²) in [4.78, 5) is 230. The van der Waals surface area contributed by atoms with E-state index in [1.54, 1.807) is 36.7 Å². The van der Waals surface area contributed by atoms with Gasteiger partial charge in [0.05, 0.1) is 108 Å². The van der Waals surface area contributed by atoms with Gasteiger partial charge in [-0.3, -0.25) is 76.9 Å². The van der Waals surface area contributed by atoms with E-state index in [9.17, 15) is 102 Å². The monoisotopic (exact) mass is 2050 g/mol. The molecule has 2 aromatic rings. The number of carboxylic acids is 5. The van der Waals surface area contributed by atoms with Gasteiger partial charge in [0.15, 0.2) is 5.78 Å². The number of carbonyl (C=O) groups is 18. The number of amides is 5. The number of benzene rings is 2. The number of Topliss-reactive ketones (excluding diaryl/α,β-unsaturated/α-hetero) is 8. The smallest absolute Gasteiger partial charge is 0.335 e.